The van der Waals surface area contributed by atoms with Gasteiger partial charge in [0.1, 0.15) is 6.04 Å². The number of carboxylic acid groups (broad SMARTS) is 1. The molecule has 1 unspecified atom stereocenters. The van der Waals surface area contributed by atoms with Gasteiger partial charge in [0.15, 0.2) is 0 Å². The molecule has 7 nitrogen and oxygen atoms in total. The van der Waals surface area contributed by atoms with Crippen LogP contribution in [0.3, 0.4) is 0 Å². The summed E-state index contributed by atoms with van der Waals surface area (Å²) in [4.78, 5) is 35.8. The van der Waals surface area contributed by atoms with Crippen LogP contribution in [0.1, 0.15) is 45.1 Å². The number of carboxylic acids is 1. The van der Waals surface area contributed by atoms with Crippen molar-refractivity contribution in [1.82, 2.24) is 16.0 Å². The van der Waals surface area contributed by atoms with Crippen LogP contribution in [-0.2, 0) is 16.1 Å². The molecule has 1 fully saturated rings. The van der Waals surface area contributed by atoms with Gasteiger partial charge in [-0.1, -0.05) is 44.2 Å². The molecular weight excluding hydrogens is 346 g/mol. The first-order valence-corrected chi connectivity index (χ1v) is 9.48. The summed E-state index contributed by atoms with van der Waals surface area (Å²) in [6.45, 7) is 4.14. The van der Waals surface area contributed by atoms with E-state index in [9.17, 15) is 14.4 Å². The Morgan fingerprint density at radius 3 is 2.26 bits per heavy atom. The van der Waals surface area contributed by atoms with Crippen LogP contribution >= 0.6 is 0 Å². The Morgan fingerprint density at radius 1 is 1.07 bits per heavy atom. The van der Waals surface area contributed by atoms with Crippen LogP contribution in [0, 0.1) is 11.8 Å². The van der Waals surface area contributed by atoms with E-state index in [4.69, 9.17) is 5.11 Å². The molecule has 0 radical (unpaired) electrons. The van der Waals surface area contributed by atoms with Gasteiger partial charge in [0, 0.05) is 12.6 Å². The summed E-state index contributed by atoms with van der Waals surface area (Å²) in [5.41, 5.74) is 0.980. The largest absolute Gasteiger partial charge is 0.481 e. The third kappa shape index (κ3) is 6.58. The fourth-order valence-corrected chi connectivity index (χ4v) is 3.28. The summed E-state index contributed by atoms with van der Waals surface area (Å²) >= 11 is 0. The van der Waals surface area contributed by atoms with Gasteiger partial charge < -0.3 is 21.1 Å². The zero-order valence-electron chi connectivity index (χ0n) is 15.9. The maximum atomic E-state index is 12.6. The lowest BCUT2D eigenvalue weighted by atomic mass is 9.86. The summed E-state index contributed by atoms with van der Waals surface area (Å²) in [7, 11) is 0. The van der Waals surface area contributed by atoms with E-state index in [2.05, 4.69) is 16.0 Å². The third-order valence-electron chi connectivity index (χ3n) is 4.95. The number of hydrogen-bond donors (Lipinski definition) is 4. The van der Waals surface area contributed by atoms with Crippen molar-refractivity contribution in [2.45, 2.75) is 58.2 Å². The SMILES string of the molecule is CC(C)C(NC(=O)NCc1ccccc1)C(=O)NC1CCC(C(=O)O)CC1. The van der Waals surface area contributed by atoms with Gasteiger partial charge in [0.2, 0.25) is 5.91 Å². The molecule has 3 amide bonds. The van der Waals surface area contributed by atoms with E-state index in [1.807, 2.05) is 44.2 Å². The number of urea groups is 1. The van der Waals surface area contributed by atoms with Crippen molar-refractivity contribution < 1.29 is 19.5 Å². The van der Waals surface area contributed by atoms with Crippen molar-refractivity contribution in [1.29, 1.82) is 0 Å². The first kappa shape index (κ1) is 20.7. The number of carbonyl (C=O) groups is 3. The summed E-state index contributed by atoms with van der Waals surface area (Å²) in [6.07, 6.45) is 2.43. The van der Waals surface area contributed by atoms with E-state index in [-0.39, 0.29) is 29.8 Å². The number of benzene rings is 1. The molecule has 27 heavy (non-hydrogen) atoms. The van der Waals surface area contributed by atoms with E-state index >= 15 is 0 Å². The number of hydrogen-bond acceptors (Lipinski definition) is 3. The predicted octanol–water partition coefficient (Wildman–Crippen LogP) is 2.27. The van der Waals surface area contributed by atoms with Gasteiger partial charge in [0.25, 0.3) is 0 Å². The Balaban J connectivity index is 1.82. The molecule has 148 valence electrons. The highest BCUT2D eigenvalue weighted by molar-refractivity contribution is 5.87. The second-order valence-corrected chi connectivity index (χ2v) is 7.43. The van der Waals surface area contributed by atoms with Crippen LogP contribution in [0.25, 0.3) is 0 Å². The highest BCUT2D eigenvalue weighted by Crippen LogP contribution is 2.24. The van der Waals surface area contributed by atoms with Gasteiger partial charge >= 0.3 is 12.0 Å². The smallest absolute Gasteiger partial charge is 0.315 e. The van der Waals surface area contributed by atoms with Gasteiger partial charge in [0.05, 0.1) is 5.92 Å². The molecule has 0 aliphatic heterocycles. The van der Waals surface area contributed by atoms with E-state index in [0.717, 1.165) is 5.56 Å². The van der Waals surface area contributed by atoms with E-state index in [1.54, 1.807) is 0 Å². The lowest BCUT2D eigenvalue weighted by Gasteiger charge is -2.29. The van der Waals surface area contributed by atoms with Crippen LogP contribution in [0.2, 0.25) is 0 Å². The van der Waals surface area contributed by atoms with Crippen molar-refractivity contribution in [2.75, 3.05) is 0 Å². The Morgan fingerprint density at radius 2 is 1.70 bits per heavy atom. The Kier molecular flexibility index (Phi) is 7.64. The molecule has 0 heterocycles. The highest BCUT2D eigenvalue weighted by Gasteiger charge is 2.30. The molecule has 0 aromatic heterocycles. The number of rotatable bonds is 7. The van der Waals surface area contributed by atoms with Crippen LogP contribution in [0.4, 0.5) is 4.79 Å². The van der Waals surface area contributed by atoms with Gasteiger partial charge in [-0.15, -0.1) is 0 Å². The van der Waals surface area contributed by atoms with Crippen LogP contribution in [-0.4, -0.2) is 35.1 Å². The van der Waals surface area contributed by atoms with E-state index in [1.165, 1.54) is 0 Å². The Hall–Kier alpha value is -2.57. The second-order valence-electron chi connectivity index (χ2n) is 7.43. The Bertz CT molecular complexity index is 640. The van der Waals surface area contributed by atoms with Crippen molar-refractivity contribution >= 4 is 17.9 Å². The van der Waals surface area contributed by atoms with E-state index in [0.29, 0.717) is 32.2 Å². The molecule has 1 aromatic carbocycles. The summed E-state index contributed by atoms with van der Waals surface area (Å²) in [6, 6.07) is 8.48. The van der Waals surface area contributed by atoms with Crippen molar-refractivity contribution in [3.05, 3.63) is 35.9 Å². The number of amides is 3. The normalized spacial score (nSPS) is 20.6. The van der Waals surface area contributed by atoms with Crippen LogP contribution in [0.5, 0.6) is 0 Å². The quantitative estimate of drug-likeness (QED) is 0.586. The van der Waals surface area contributed by atoms with Crippen LogP contribution in [0.15, 0.2) is 30.3 Å². The molecule has 1 aliphatic rings. The second kappa shape index (κ2) is 9.94. The number of nitrogens with one attached hydrogen (secondary N) is 3. The van der Waals surface area contributed by atoms with Crippen molar-refractivity contribution in [3.63, 3.8) is 0 Å². The average Bonchev–Trinajstić information content (AvgIpc) is 2.65. The van der Waals surface area contributed by atoms with Crippen molar-refractivity contribution in [2.24, 2.45) is 11.8 Å². The minimum Gasteiger partial charge on any atom is -0.481 e. The monoisotopic (exact) mass is 375 g/mol. The van der Waals surface area contributed by atoms with Crippen LogP contribution < -0.4 is 16.0 Å². The third-order valence-corrected chi connectivity index (χ3v) is 4.95. The fraction of sp³-hybridized carbons (Fsp3) is 0.550. The zero-order chi connectivity index (χ0) is 19.8. The van der Waals surface area contributed by atoms with Gasteiger partial charge in [-0.3, -0.25) is 9.59 Å². The maximum absolute atomic E-state index is 12.6. The first-order chi connectivity index (χ1) is 12.9. The average molecular weight is 375 g/mol. The van der Waals surface area contributed by atoms with E-state index < -0.39 is 12.0 Å². The maximum Gasteiger partial charge on any atom is 0.315 e. The summed E-state index contributed by atoms with van der Waals surface area (Å²) in [5, 5.41) is 17.5. The molecule has 4 N–H and O–H groups in total. The van der Waals surface area contributed by atoms with Gasteiger partial charge in [-0.05, 0) is 37.2 Å². The molecule has 1 saturated carbocycles. The van der Waals surface area contributed by atoms with Gasteiger partial charge in [-0.25, -0.2) is 4.79 Å². The molecule has 1 aliphatic carbocycles. The van der Waals surface area contributed by atoms with Crippen molar-refractivity contribution in [3.8, 4) is 0 Å². The Labute approximate surface area is 159 Å². The molecule has 0 spiro atoms. The minimum atomic E-state index is -0.767. The topological polar surface area (TPSA) is 108 Å². The predicted molar refractivity (Wildman–Crippen MR) is 102 cm³/mol. The highest BCUT2D eigenvalue weighted by atomic mass is 16.4. The standard InChI is InChI=1S/C20H29N3O4/c1-13(2)17(23-20(27)21-12-14-6-4-3-5-7-14)18(24)22-16-10-8-15(9-11-16)19(25)26/h3-7,13,15-17H,8-12H2,1-2H3,(H,22,24)(H,25,26)(H2,21,23,27). The molecule has 2 rings (SSSR count). The minimum absolute atomic E-state index is 0.0384. The zero-order valence-corrected chi connectivity index (χ0v) is 15.9. The molecule has 0 bridgehead atoms. The summed E-state index contributed by atoms with van der Waals surface area (Å²) in [5.74, 6) is -1.38. The first-order valence-electron chi connectivity index (χ1n) is 9.48. The molecule has 7 heteroatoms. The molecule has 0 saturated heterocycles. The number of carbonyl (C=O) groups excluding carboxylic acids is 2. The molecule has 1 aromatic rings. The lowest BCUT2D eigenvalue weighted by molar-refractivity contribution is -0.142. The fourth-order valence-electron chi connectivity index (χ4n) is 3.28. The lowest BCUT2D eigenvalue weighted by Crippen LogP contribution is -2.54. The molecule has 1 atom stereocenters. The summed E-state index contributed by atoms with van der Waals surface area (Å²) < 4.78 is 0. The van der Waals surface area contributed by atoms with Gasteiger partial charge in [-0.2, -0.15) is 0 Å². The number of aliphatic carboxylic acids is 1. The molecular formula is C20H29N3O4.